The average Bonchev–Trinajstić information content (AvgIpc) is 2.70. The van der Waals surface area contributed by atoms with Gasteiger partial charge in [0.2, 0.25) is 11.0 Å². The number of ether oxygens (including phenoxy) is 1. The number of rotatable bonds is 2. The molecule has 0 unspecified atom stereocenters. The van der Waals surface area contributed by atoms with Crippen LogP contribution in [0.4, 0.5) is 5.69 Å². The van der Waals surface area contributed by atoms with E-state index in [1.807, 2.05) is 0 Å². The minimum atomic E-state index is -0.0547. The van der Waals surface area contributed by atoms with Gasteiger partial charge in [0.1, 0.15) is 5.75 Å². The Morgan fingerprint density at radius 3 is 2.94 bits per heavy atom. The lowest BCUT2D eigenvalue weighted by atomic mass is 10.2. The van der Waals surface area contributed by atoms with Gasteiger partial charge < -0.3 is 20.1 Å². The van der Waals surface area contributed by atoms with Crippen LogP contribution in [-0.4, -0.2) is 29.4 Å². The maximum atomic E-state index is 9.77. The summed E-state index contributed by atoms with van der Waals surface area (Å²) in [6.07, 6.45) is 0. The summed E-state index contributed by atoms with van der Waals surface area (Å²) in [6.45, 7) is 0. The van der Waals surface area contributed by atoms with Crippen molar-refractivity contribution in [2.24, 2.45) is 10.2 Å². The van der Waals surface area contributed by atoms with Gasteiger partial charge in [0, 0.05) is 12.4 Å². The van der Waals surface area contributed by atoms with Crippen molar-refractivity contribution in [1.29, 1.82) is 0 Å². The standard InChI is InChI=1S/C11H12N4O2S/c1-12-11(18)15-14-9-7-5-6(17-2)3-4-8(7)13-10(9)16/h3-5,13,16H,1-2H3,(H,12,18). The van der Waals surface area contributed by atoms with Crippen LogP contribution < -0.4 is 10.1 Å². The molecule has 1 aromatic heterocycles. The van der Waals surface area contributed by atoms with Crippen LogP contribution in [0.25, 0.3) is 10.9 Å². The number of nitrogens with zero attached hydrogens (tertiary/aromatic N) is 2. The van der Waals surface area contributed by atoms with Gasteiger partial charge in [-0.05, 0) is 30.4 Å². The number of azo groups is 1. The Morgan fingerprint density at radius 1 is 1.50 bits per heavy atom. The Labute approximate surface area is 109 Å². The van der Waals surface area contributed by atoms with E-state index in [0.717, 1.165) is 10.9 Å². The summed E-state index contributed by atoms with van der Waals surface area (Å²) < 4.78 is 5.13. The molecular weight excluding hydrogens is 252 g/mol. The summed E-state index contributed by atoms with van der Waals surface area (Å²) in [4.78, 5) is 2.80. The number of H-pyrrole nitrogens is 1. The Morgan fingerprint density at radius 2 is 2.28 bits per heavy atom. The molecule has 0 aliphatic heterocycles. The molecule has 0 spiro atoms. The van der Waals surface area contributed by atoms with Gasteiger partial charge >= 0.3 is 0 Å². The quantitative estimate of drug-likeness (QED) is 0.575. The van der Waals surface area contributed by atoms with Crippen LogP contribution in [0.5, 0.6) is 11.6 Å². The van der Waals surface area contributed by atoms with E-state index in [2.05, 4.69) is 20.5 Å². The first-order chi connectivity index (χ1) is 8.65. The summed E-state index contributed by atoms with van der Waals surface area (Å²) in [5.74, 6) is 0.620. The number of nitrogens with one attached hydrogen (secondary N) is 2. The van der Waals surface area contributed by atoms with E-state index < -0.39 is 0 Å². The molecule has 0 radical (unpaired) electrons. The number of fused-ring (bicyclic) bond motifs is 1. The van der Waals surface area contributed by atoms with Crippen molar-refractivity contribution in [2.45, 2.75) is 0 Å². The largest absolute Gasteiger partial charge is 0.497 e. The van der Waals surface area contributed by atoms with Gasteiger partial charge in [0.15, 0.2) is 5.69 Å². The van der Waals surface area contributed by atoms with E-state index in [-0.39, 0.29) is 11.0 Å². The number of thiocarbonyl (C=S) groups is 1. The fourth-order valence-electron chi connectivity index (χ4n) is 1.52. The molecular formula is C11H12N4O2S. The van der Waals surface area contributed by atoms with Gasteiger partial charge in [0.25, 0.3) is 0 Å². The van der Waals surface area contributed by atoms with Crippen molar-refractivity contribution in [1.82, 2.24) is 10.3 Å². The minimum Gasteiger partial charge on any atom is -0.497 e. The molecule has 0 saturated carbocycles. The van der Waals surface area contributed by atoms with E-state index in [1.54, 1.807) is 32.4 Å². The van der Waals surface area contributed by atoms with Crippen molar-refractivity contribution < 1.29 is 9.84 Å². The number of aromatic amines is 1. The van der Waals surface area contributed by atoms with Crippen molar-refractivity contribution in [2.75, 3.05) is 14.2 Å². The Bertz CT molecular complexity index is 621. The van der Waals surface area contributed by atoms with E-state index in [9.17, 15) is 5.11 Å². The molecule has 2 rings (SSSR count). The number of hydrogen-bond donors (Lipinski definition) is 3. The SMILES string of the molecule is CNC(=S)N=Nc1c(O)[nH]c2ccc(OC)cc12. The van der Waals surface area contributed by atoms with Crippen LogP contribution in [0, 0.1) is 0 Å². The molecule has 0 fully saturated rings. The molecule has 6 nitrogen and oxygen atoms in total. The summed E-state index contributed by atoms with van der Waals surface area (Å²) >= 11 is 4.85. The zero-order valence-corrected chi connectivity index (χ0v) is 10.7. The third-order valence-electron chi connectivity index (χ3n) is 2.41. The summed E-state index contributed by atoms with van der Waals surface area (Å²) in [6, 6.07) is 5.35. The van der Waals surface area contributed by atoms with Crippen LogP contribution in [0.15, 0.2) is 28.4 Å². The predicted octanol–water partition coefficient (Wildman–Crippen LogP) is 2.47. The maximum Gasteiger partial charge on any atom is 0.218 e. The third kappa shape index (κ3) is 2.25. The predicted molar refractivity (Wildman–Crippen MR) is 72.7 cm³/mol. The zero-order chi connectivity index (χ0) is 13.1. The molecule has 1 heterocycles. The van der Waals surface area contributed by atoms with Crippen molar-refractivity contribution in [3.63, 3.8) is 0 Å². The first kappa shape index (κ1) is 12.3. The van der Waals surface area contributed by atoms with Crippen LogP contribution in [0.1, 0.15) is 0 Å². The Hall–Kier alpha value is -2.15. The lowest BCUT2D eigenvalue weighted by Crippen LogP contribution is -2.11. The van der Waals surface area contributed by atoms with Crippen molar-refractivity contribution in [3.05, 3.63) is 18.2 Å². The van der Waals surface area contributed by atoms with Crippen LogP contribution in [-0.2, 0) is 0 Å². The topological polar surface area (TPSA) is 82.0 Å². The maximum absolute atomic E-state index is 9.77. The molecule has 0 aliphatic carbocycles. The van der Waals surface area contributed by atoms with Crippen LogP contribution >= 0.6 is 12.2 Å². The van der Waals surface area contributed by atoms with E-state index in [1.165, 1.54) is 0 Å². The second kappa shape index (κ2) is 5.01. The monoisotopic (exact) mass is 264 g/mol. The second-order valence-electron chi connectivity index (χ2n) is 3.49. The number of methoxy groups -OCH3 is 1. The van der Waals surface area contributed by atoms with Gasteiger partial charge in [-0.2, -0.15) is 0 Å². The highest BCUT2D eigenvalue weighted by molar-refractivity contribution is 7.80. The second-order valence-corrected chi connectivity index (χ2v) is 3.88. The number of benzene rings is 1. The average molecular weight is 264 g/mol. The summed E-state index contributed by atoms with van der Waals surface area (Å²) in [7, 11) is 3.23. The summed E-state index contributed by atoms with van der Waals surface area (Å²) in [5.41, 5.74) is 1.08. The molecule has 0 atom stereocenters. The molecule has 3 N–H and O–H groups in total. The van der Waals surface area contributed by atoms with Gasteiger partial charge in [-0.3, -0.25) is 0 Å². The lowest BCUT2D eigenvalue weighted by Gasteiger charge is -1.98. The number of aromatic hydroxyl groups is 1. The highest BCUT2D eigenvalue weighted by Gasteiger charge is 2.11. The van der Waals surface area contributed by atoms with Gasteiger partial charge in [-0.25, -0.2) is 0 Å². The molecule has 1 aromatic carbocycles. The van der Waals surface area contributed by atoms with Crippen molar-refractivity contribution >= 4 is 33.9 Å². The molecule has 94 valence electrons. The van der Waals surface area contributed by atoms with Crippen LogP contribution in [0.2, 0.25) is 0 Å². The molecule has 0 bridgehead atoms. The third-order valence-corrected chi connectivity index (χ3v) is 2.70. The van der Waals surface area contributed by atoms with E-state index in [0.29, 0.717) is 11.4 Å². The highest BCUT2D eigenvalue weighted by Crippen LogP contribution is 2.37. The van der Waals surface area contributed by atoms with Crippen molar-refractivity contribution in [3.8, 4) is 11.6 Å². The first-order valence-corrected chi connectivity index (χ1v) is 5.58. The van der Waals surface area contributed by atoms with E-state index >= 15 is 0 Å². The van der Waals surface area contributed by atoms with E-state index in [4.69, 9.17) is 17.0 Å². The minimum absolute atomic E-state index is 0.0547. The van der Waals surface area contributed by atoms with Gasteiger partial charge in [-0.1, -0.05) is 0 Å². The molecule has 2 aromatic rings. The number of aromatic nitrogens is 1. The summed E-state index contributed by atoms with van der Waals surface area (Å²) in [5, 5.41) is 21.1. The lowest BCUT2D eigenvalue weighted by molar-refractivity contribution is 0.415. The Kier molecular flexibility index (Phi) is 3.42. The number of hydrogen-bond acceptors (Lipinski definition) is 4. The smallest absolute Gasteiger partial charge is 0.218 e. The zero-order valence-electron chi connectivity index (χ0n) is 9.89. The fraction of sp³-hybridized carbons (Fsp3) is 0.182. The molecule has 7 heteroatoms. The molecule has 0 amide bonds. The highest BCUT2D eigenvalue weighted by atomic mass is 32.1. The molecule has 0 saturated heterocycles. The molecule has 0 aliphatic rings. The molecule has 18 heavy (non-hydrogen) atoms. The first-order valence-electron chi connectivity index (χ1n) is 5.18. The fourth-order valence-corrected chi connectivity index (χ4v) is 1.56. The Balaban J connectivity index is 2.51. The normalized spacial score (nSPS) is 11.0. The van der Waals surface area contributed by atoms with Crippen LogP contribution in [0.3, 0.4) is 0 Å². The van der Waals surface area contributed by atoms with Gasteiger partial charge in [0.05, 0.1) is 12.6 Å². The van der Waals surface area contributed by atoms with Gasteiger partial charge in [-0.15, -0.1) is 10.2 Å².